The van der Waals surface area contributed by atoms with Crippen LogP contribution in [0.25, 0.3) is 5.65 Å². The molecule has 2 aromatic heterocycles. The number of hydrogen-bond donors (Lipinski definition) is 1. The van der Waals surface area contributed by atoms with Crippen molar-refractivity contribution >= 4 is 29.3 Å². The zero-order valence-corrected chi connectivity index (χ0v) is 17.8. The maximum Gasteiger partial charge on any atom is 0.407 e. The summed E-state index contributed by atoms with van der Waals surface area (Å²) in [5, 5.41) is 7.54. The second-order valence-electron chi connectivity index (χ2n) is 7.75. The van der Waals surface area contributed by atoms with Gasteiger partial charge in [-0.2, -0.15) is 19.6 Å². The van der Waals surface area contributed by atoms with E-state index in [1.54, 1.807) is 10.7 Å². The predicted molar refractivity (Wildman–Crippen MR) is 115 cm³/mol. The Balaban J connectivity index is 1.34. The lowest BCUT2D eigenvalue weighted by atomic mass is 10.1. The van der Waals surface area contributed by atoms with Crippen LogP contribution in [-0.4, -0.2) is 44.8 Å². The highest BCUT2D eigenvalue weighted by Crippen LogP contribution is 2.24. The number of nitrogens with zero attached hydrogens (tertiary/aromatic N) is 5. The smallest absolute Gasteiger partial charge is 0.407 e. The van der Waals surface area contributed by atoms with Crippen molar-refractivity contribution < 1.29 is 9.53 Å². The zero-order chi connectivity index (χ0) is 21.1. The summed E-state index contributed by atoms with van der Waals surface area (Å²) in [7, 11) is 0. The molecule has 3 heterocycles. The Morgan fingerprint density at radius 3 is 2.67 bits per heavy atom. The third-order valence-electron chi connectivity index (χ3n) is 5.28. The first kappa shape index (κ1) is 20.4. The molecule has 1 aliphatic heterocycles. The van der Waals surface area contributed by atoms with Crippen LogP contribution in [0.1, 0.15) is 43.7 Å². The molecule has 0 saturated carbocycles. The van der Waals surface area contributed by atoms with Crippen LogP contribution in [0.2, 0.25) is 5.28 Å². The number of amides is 1. The van der Waals surface area contributed by atoms with Crippen molar-refractivity contribution in [1.82, 2.24) is 24.9 Å². The number of carbonyl (C=O) groups excluding carboxylic acids is 1. The lowest BCUT2D eigenvalue weighted by Gasteiger charge is -2.32. The Morgan fingerprint density at radius 2 is 1.97 bits per heavy atom. The number of alkyl carbamates (subject to hydrolysis) is 1. The van der Waals surface area contributed by atoms with Crippen molar-refractivity contribution in [3.05, 3.63) is 52.9 Å². The Labute approximate surface area is 180 Å². The fraction of sp³-hybridized carbons (Fsp3) is 0.429. The van der Waals surface area contributed by atoms with E-state index in [1.165, 1.54) is 0 Å². The molecule has 4 rings (SSSR count). The highest BCUT2D eigenvalue weighted by atomic mass is 35.5. The third-order valence-corrected chi connectivity index (χ3v) is 5.52. The van der Waals surface area contributed by atoms with Crippen LogP contribution >= 0.6 is 11.6 Å². The molecule has 30 heavy (non-hydrogen) atoms. The Hall–Kier alpha value is -2.87. The van der Waals surface area contributed by atoms with Gasteiger partial charge in [0.1, 0.15) is 6.61 Å². The summed E-state index contributed by atoms with van der Waals surface area (Å²) in [6.07, 6.45) is 2.96. The first-order valence-corrected chi connectivity index (χ1v) is 10.5. The largest absolute Gasteiger partial charge is 0.445 e. The van der Waals surface area contributed by atoms with Gasteiger partial charge in [0.15, 0.2) is 5.65 Å². The normalized spacial score (nSPS) is 15.0. The number of piperidine rings is 1. The summed E-state index contributed by atoms with van der Waals surface area (Å²) < 4.78 is 6.88. The Bertz CT molecular complexity index is 1020. The van der Waals surface area contributed by atoms with Gasteiger partial charge in [0, 0.05) is 24.7 Å². The van der Waals surface area contributed by atoms with Crippen LogP contribution in [0.15, 0.2) is 36.5 Å². The molecule has 0 aliphatic carbocycles. The molecule has 0 radical (unpaired) electrons. The van der Waals surface area contributed by atoms with Gasteiger partial charge in [0.25, 0.3) is 0 Å². The van der Waals surface area contributed by atoms with Gasteiger partial charge in [-0.05, 0) is 35.9 Å². The first-order valence-electron chi connectivity index (χ1n) is 10.1. The summed E-state index contributed by atoms with van der Waals surface area (Å²) in [5.41, 5.74) is 2.75. The maximum absolute atomic E-state index is 12.1. The van der Waals surface area contributed by atoms with E-state index in [0.29, 0.717) is 11.2 Å². The Kier molecular flexibility index (Phi) is 6.03. The zero-order valence-electron chi connectivity index (χ0n) is 17.1. The molecule has 158 valence electrons. The number of benzene rings is 1. The molecule has 8 nitrogen and oxygen atoms in total. The molecule has 0 bridgehead atoms. The lowest BCUT2D eigenvalue weighted by molar-refractivity contribution is 0.134. The van der Waals surface area contributed by atoms with Crippen molar-refractivity contribution in [2.24, 2.45) is 0 Å². The molecule has 1 aliphatic rings. The molecule has 0 spiro atoms. The molecule has 1 saturated heterocycles. The SMILES string of the molecule is CC(C)c1cnn2c(Cl)nc(N3CCC(NC(=O)OCc4ccccc4)CC3)nc12. The highest BCUT2D eigenvalue weighted by Gasteiger charge is 2.24. The highest BCUT2D eigenvalue weighted by molar-refractivity contribution is 6.28. The van der Waals surface area contributed by atoms with Crippen LogP contribution in [0, 0.1) is 0 Å². The number of fused-ring (bicyclic) bond motifs is 1. The predicted octanol–water partition coefficient (Wildman–Crippen LogP) is 3.80. The van der Waals surface area contributed by atoms with Gasteiger partial charge in [-0.25, -0.2) is 4.79 Å². The standard InChI is InChI=1S/C21H25ClN6O2/c1-14(2)17-12-23-28-18(17)25-20(26-19(28)22)27-10-8-16(9-11-27)24-21(29)30-13-15-6-4-3-5-7-15/h3-7,12,14,16H,8-11,13H2,1-2H3,(H,24,29). The van der Waals surface area contributed by atoms with E-state index in [2.05, 4.69) is 34.1 Å². The number of ether oxygens (including phenoxy) is 1. The number of nitrogens with one attached hydrogen (secondary N) is 1. The minimum absolute atomic E-state index is 0.0601. The van der Waals surface area contributed by atoms with Gasteiger partial charge in [0.05, 0.1) is 6.20 Å². The number of carbonyl (C=O) groups is 1. The van der Waals surface area contributed by atoms with Gasteiger partial charge < -0.3 is 15.0 Å². The van der Waals surface area contributed by atoms with Crippen LogP contribution < -0.4 is 10.2 Å². The number of rotatable bonds is 5. The lowest BCUT2D eigenvalue weighted by Crippen LogP contribution is -2.45. The summed E-state index contributed by atoms with van der Waals surface area (Å²) >= 11 is 6.33. The van der Waals surface area contributed by atoms with Gasteiger partial charge in [-0.1, -0.05) is 44.2 Å². The van der Waals surface area contributed by atoms with Gasteiger partial charge in [0.2, 0.25) is 11.2 Å². The van der Waals surface area contributed by atoms with Crippen molar-refractivity contribution in [3.63, 3.8) is 0 Å². The monoisotopic (exact) mass is 428 g/mol. The number of anilines is 1. The molecule has 1 fully saturated rings. The number of halogens is 1. The second-order valence-corrected chi connectivity index (χ2v) is 8.09. The van der Waals surface area contributed by atoms with E-state index in [9.17, 15) is 4.79 Å². The summed E-state index contributed by atoms with van der Waals surface area (Å²) in [5.74, 6) is 0.887. The summed E-state index contributed by atoms with van der Waals surface area (Å²) in [4.78, 5) is 23.3. The molecule has 9 heteroatoms. The van der Waals surface area contributed by atoms with Crippen LogP contribution in [0.5, 0.6) is 0 Å². The average Bonchev–Trinajstić information content (AvgIpc) is 3.18. The van der Waals surface area contributed by atoms with Crippen LogP contribution in [0.4, 0.5) is 10.7 Å². The van der Waals surface area contributed by atoms with Crippen LogP contribution in [-0.2, 0) is 11.3 Å². The average molecular weight is 429 g/mol. The van der Waals surface area contributed by atoms with E-state index < -0.39 is 0 Å². The van der Waals surface area contributed by atoms with Crippen molar-refractivity contribution in [3.8, 4) is 0 Å². The van der Waals surface area contributed by atoms with Gasteiger partial charge in [-0.3, -0.25) is 0 Å². The Morgan fingerprint density at radius 1 is 1.23 bits per heavy atom. The molecule has 1 N–H and O–H groups in total. The van der Waals surface area contributed by atoms with E-state index in [4.69, 9.17) is 21.3 Å². The van der Waals surface area contributed by atoms with Gasteiger partial charge >= 0.3 is 6.09 Å². The van der Waals surface area contributed by atoms with E-state index in [1.807, 2.05) is 30.3 Å². The minimum atomic E-state index is -0.390. The van der Waals surface area contributed by atoms with Gasteiger partial charge in [-0.15, -0.1) is 0 Å². The minimum Gasteiger partial charge on any atom is -0.445 e. The first-order chi connectivity index (χ1) is 14.5. The van der Waals surface area contributed by atoms with E-state index >= 15 is 0 Å². The van der Waals surface area contributed by atoms with Crippen molar-refractivity contribution in [2.75, 3.05) is 18.0 Å². The quantitative estimate of drug-likeness (QED) is 0.665. The van der Waals surface area contributed by atoms with E-state index in [-0.39, 0.29) is 24.7 Å². The topological polar surface area (TPSA) is 84.7 Å². The fourth-order valence-electron chi connectivity index (χ4n) is 3.56. The molecular weight excluding hydrogens is 404 g/mol. The molecule has 1 amide bonds. The second kappa shape index (κ2) is 8.87. The molecule has 0 atom stereocenters. The number of hydrogen-bond acceptors (Lipinski definition) is 6. The summed E-state index contributed by atoms with van der Waals surface area (Å²) in [6.45, 7) is 5.91. The molecular formula is C21H25ClN6O2. The fourth-order valence-corrected chi connectivity index (χ4v) is 3.75. The number of aromatic nitrogens is 4. The van der Waals surface area contributed by atoms with E-state index in [0.717, 1.165) is 42.7 Å². The third kappa shape index (κ3) is 4.48. The molecule has 0 unspecified atom stereocenters. The van der Waals surface area contributed by atoms with Crippen molar-refractivity contribution in [2.45, 2.75) is 45.3 Å². The molecule has 3 aromatic rings. The summed E-state index contributed by atoms with van der Waals surface area (Å²) in [6, 6.07) is 9.70. The maximum atomic E-state index is 12.1. The molecule has 1 aromatic carbocycles. The van der Waals surface area contributed by atoms with Crippen molar-refractivity contribution in [1.29, 1.82) is 0 Å². The van der Waals surface area contributed by atoms with Crippen LogP contribution in [0.3, 0.4) is 0 Å².